The molecule has 2 aromatic rings. The molecule has 2 fully saturated rings. The molecule has 2 aliphatic rings. The molecule has 5 nitrogen and oxygen atoms in total. The second-order valence-electron chi connectivity index (χ2n) is 9.45. The standard InChI is InChI=1S/C28H37FN2O3/c1-4-31(28(32)22-7-5-6-8-22)27-18-23(17-20(2)21(27)3)25-10-9-24(19-26(25)29)34-16-13-30-11-14-33-15-12-30/h9-10,17-19,22H,4-8,11-16H2,1-3H3. The fourth-order valence-electron chi connectivity index (χ4n) is 5.05. The van der Waals surface area contributed by atoms with Crippen molar-refractivity contribution >= 4 is 11.6 Å². The molecule has 1 aliphatic heterocycles. The van der Waals surface area contributed by atoms with E-state index in [2.05, 4.69) is 4.90 Å². The number of anilines is 1. The molecular formula is C28H37FN2O3. The van der Waals surface area contributed by atoms with Crippen LogP contribution in [0.25, 0.3) is 11.1 Å². The molecule has 0 atom stereocenters. The van der Waals surface area contributed by atoms with E-state index in [1.165, 1.54) is 6.07 Å². The second-order valence-corrected chi connectivity index (χ2v) is 9.45. The number of hydrogen-bond acceptors (Lipinski definition) is 4. The quantitative estimate of drug-likeness (QED) is 0.523. The van der Waals surface area contributed by atoms with Crippen molar-refractivity contribution in [2.75, 3.05) is 50.9 Å². The summed E-state index contributed by atoms with van der Waals surface area (Å²) in [6, 6.07) is 9.04. The van der Waals surface area contributed by atoms with Crippen molar-refractivity contribution in [3.05, 3.63) is 47.3 Å². The normalized spacial score (nSPS) is 17.2. The van der Waals surface area contributed by atoms with E-state index in [1.54, 1.807) is 6.07 Å². The van der Waals surface area contributed by atoms with E-state index in [4.69, 9.17) is 9.47 Å². The number of morpholine rings is 1. The molecule has 1 heterocycles. The first-order valence-corrected chi connectivity index (χ1v) is 12.6. The van der Waals surface area contributed by atoms with E-state index in [0.717, 1.165) is 80.9 Å². The maximum Gasteiger partial charge on any atom is 0.230 e. The van der Waals surface area contributed by atoms with Gasteiger partial charge in [0, 0.05) is 49.4 Å². The summed E-state index contributed by atoms with van der Waals surface area (Å²) in [5.41, 5.74) is 4.32. The van der Waals surface area contributed by atoms with E-state index in [1.807, 2.05) is 43.9 Å². The number of amides is 1. The van der Waals surface area contributed by atoms with Gasteiger partial charge in [-0.25, -0.2) is 4.39 Å². The fourth-order valence-corrected chi connectivity index (χ4v) is 5.05. The molecule has 0 bridgehead atoms. The van der Waals surface area contributed by atoms with Crippen LogP contribution in [0, 0.1) is 25.6 Å². The van der Waals surface area contributed by atoms with E-state index in [0.29, 0.717) is 24.5 Å². The number of rotatable bonds is 8. The Kier molecular flexibility index (Phi) is 8.22. The third-order valence-corrected chi connectivity index (χ3v) is 7.25. The average Bonchev–Trinajstić information content (AvgIpc) is 3.38. The minimum Gasteiger partial charge on any atom is -0.492 e. The van der Waals surface area contributed by atoms with Gasteiger partial charge in [0.15, 0.2) is 0 Å². The van der Waals surface area contributed by atoms with Crippen LogP contribution in [-0.4, -0.2) is 56.8 Å². The Balaban J connectivity index is 1.51. The Bertz CT molecular complexity index is 997. The van der Waals surface area contributed by atoms with Crippen LogP contribution in [0.3, 0.4) is 0 Å². The first-order chi connectivity index (χ1) is 16.5. The molecule has 0 aromatic heterocycles. The van der Waals surface area contributed by atoms with E-state index < -0.39 is 0 Å². The summed E-state index contributed by atoms with van der Waals surface area (Å²) in [6.45, 7) is 11.3. The highest BCUT2D eigenvalue weighted by Gasteiger charge is 2.28. The van der Waals surface area contributed by atoms with Crippen molar-refractivity contribution in [3.63, 3.8) is 0 Å². The van der Waals surface area contributed by atoms with Crippen LogP contribution < -0.4 is 9.64 Å². The molecule has 1 amide bonds. The van der Waals surface area contributed by atoms with Gasteiger partial charge in [0.25, 0.3) is 0 Å². The number of carbonyl (C=O) groups excluding carboxylic acids is 1. The highest BCUT2D eigenvalue weighted by molar-refractivity contribution is 5.96. The molecule has 1 saturated carbocycles. The second kappa shape index (κ2) is 11.3. The summed E-state index contributed by atoms with van der Waals surface area (Å²) in [5, 5.41) is 0. The molecular weight excluding hydrogens is 431 g/mol. The third kappa shape index (κ3) is 5.61. The highest BCUT2D eigenvalue weighted by atomic mass is 19.1. The Morgan fingerprint density at radius 2 is 1.88 bits per heavy atom. The van der Waals surface area contributed by atoms with Crippen LogP contribution in [0.4, 0.5) is 10.1 Å². The minimum absolute atomic E-state index is 0.106. The van der Waals surface area contributed by atoms with Crippen molar-refractivity contribution in [2.45, 2.75) is 46.5 Å². The van der Waals surface area contributed by atoms with Gasteiger partial charge in [-0.1, -0.05) is 18.9 Å². The van der Waals surface area contributed by atoms with E-state index >= 15 is 4.39 Å². The van der Waals surface area contributed by atoms with Gasteiger partial charge < -0.3 is 14.4 Å². The SMILES string of the molecule is CCN(C(=O)C1CCCC1)c1cc(-c2ccc(OCCN3CCOCC3)cc2F)cc(C)c1C. The average molecular weight is 469 g/mol. The molecule has 184 valence electrons. The molecule has 34 heavy (non-hydrogen) atoms. The molecule has 1 aliphatic carbocycles. The summed E-state index contributed by atoms with van der Waals surface area (Å²) < 4.78 is 26.4. The molecule has 0 radical (unpaired) electrons. The zero-order valence-corrected chi connectivity index (χ0v) is 20.7. The van der Waals surface area contributed by atoms with E-state index in [-0.39, 0.29) is 17.6 Å². The first kappa shape index (κ1) is 24.7. The summed E-state index contributed by atoms with van der Waals surface area (Å²) in [4.78, 5) is 17.4. The molecule has 4 rings (SSSR count). The molecule has 2 aromatic carbocycles. The Labute approximate surface area is 202 Å². The summed E-state index contributed by atoms with van der Waals surface area (Å²) in [7, 11) is 0. The van der Waals surface area contributed by atoms with Crippen LogP contribution >= 0.6 is 0 Å². The number of aryl methyl sites for hydroxylation is 1. The monoisotopic (exact) mass is 468 g/mol. The van der Waals surface area contributed by atoms with Gasteiger partial charge in [-0.2, -0.15) is 0 Å². The minimum atomic E-state index is -0.316. The lowest BCUT2D eigenvalue weighted by Crippen LogP contribution is -2.38. The third-order valence-electron chi connectivity index (χ3n) is 7.25. The van der Waals surface area contributed by atoms with Crippen LogP contribution in [0.5, 0.6) is 5.75 Å². The predicted molar refractivity (Wildman–Crippen MR) is 134 cm³/mol. The van der Waals surface area contributed by atoms with Gasteiger partial charge in [-0.3, -0.25) is 9.69 Å². The van der Waals surface area contributed by atoms with Gasteiger partial charge in [0.05, 0.1) is 13.2 Å². The number of nitrogens with zero attached hydrogens (tertiary/aromatic N) is 2. The Hall–Kier alpha value is -2.44. The van der Waals surface area contributed by atoms with Gasteiger partial charge in [0.1, 0.15) is 18.2 Å². The maximum atomic E-state index is 15.2. The van der Waals surface area contributed by atoms with Crippen LogP contribution in [0.1, 0.15) is 43.7 Å². The lowest BCUT2D eigenvalue weighted by Gasteiger charge is -2.27. The maximum absolute atomic E-state index is 15.2. The zero-order chi connectivity index (χ0) is 24.1. The van der Waals surface area contributed by atoms with Gasteiger partial charge in [-0.05, 0) is 68.5 Å². The molecule has 0 N–H and O–H groups in total. The number of ether oxygens (including phenoxy) is 2. The smallest absolute Gasteiger partial charge is 0.230 e. The van der Waals surface area contributed by atoms with Crippen LogP contribution in [0.2, 0.25) is 0 Å². The summed E-state index contributed by atoms with van der Waals surface area (Å²) in [6.07, 6.45) is 4.18. The van der Waals surface area contributed by atoms with Gasteiger partial charge in [0.2, 0.25) is 5.91 Å². The first-order valence-electron chi connectivity index (χ1n) is 12.6. The predicted octanol–water partition coefficient (Wildman–Crippen LogP) is 5.36. The number of halogens is 1. The fraction of sp³-hybridized carbons (Fsp3) is 0.536. The number of hydrogen-bond donors (Lipinski definition) is 0. The van der Waals surface area contributed by atoms with Crippen LogP contribution in [0.15, 0.2) is 30.3 Å². The van der Waals surface area contributed by atoms with Crippen molar-refractivity contribution in [1.82, 2.24) is 4.90 Å². The van der Waals surface area contributed by atoms with Gasteiger partial charge >= 0.3 is 0 Å². The lowest BCUT2D eigenvalue weighted by atomic mass is 9.96. The zero-order valence-electron chi connectivity index (χ0n) is 20.7. The van der Waals surface area contributed by atoms with Crippen molar-refractivity contribution in [2.24, 2.45) is 5.92 Å². The lowest BCUT2D eigenvalue weighted by molar-refractivity contribution is -0.122. The largest absolute Gasteiger partial charge is 0.492 e. The molecule has 0 spiro atoms. The molecule has 6 heteroatoms. The number of benzene rings is 2. The van der Waals surface area contributed by atoms with Gasteiger partial charge in [-0.15, -0.1) is 0 Å². The van der Waals surface area contributed by atoms with Crippen molar-refractivity contribution in [1.29, 1.82) is 0 Å². The summed E-state index contributed by atoms with van der Waals surface area (Å²) in [5.74, 6) is 0.520. The van der Waals surface area contributed by atoms with Crippen molar-refractivity contribution < 1.29 is 18.7 Å². The molecule has 1 saturated heterocycles. The summed E-state index contributed by atoms with van der Waals surface area (Å²) >= 11 is 0. The van der Waals surface area contributed by atoms with Crippen LogP contribution in [-0.2, 0) is 9.53 Å². The van der Waals surface area contributed by atoms with Crippen molar-refractivity contribution in [3.8, 4) is 16.9 Å². The topological polar surface area (TPSA) is 42.0 Å². The highest BCUT2D eigenvalue weighted by Crippen LogP contribution is 2.35. The van der Waals surface area contributed by atoms with E-state index in [9.17, 15) is 4.79 Å². The number of carbonyl (C=O) groups is 1. The Morgan fingerprint density at radius 1 is 1.15 bits per heavy atom. The molecule has 0 unspecified atom stereocenters. The Morgan fingerprint density at radius 3 is 2.56 bits per heavy atom.